The van der Waals surface area contributed by atoms with Crippen LogP contribution in [0.1, 0.15) is 39.5 Å². The Kier molecular flexibility index (Phi) is 6.31. The lowest BCUT2D eigenvalue weighted by Crippen LogP contribution is -2.46. The van der Waals surface area contributed by atoms with Crippen molar-refractivity contribution in [1.82, 2.24) is 4.90 Å². The highest BCUT2D eigenvalue weighted by Gasteiger charge is 2.34. The van der Waals surface area contributed by atoms with Crippen LogP contribution in [0.5, 0.6) is 11.5 Å². The van der Waals surface area contributed by atoms with Crippen LogP contribution < -0.4 is 9.64 Å². The molecule has 0 amide bonds. The van der Waals surface area contributed by atoms with Crippen molar-refractivity contribution in [1.29, 1.82) is 0 Å². The average molecular weight is 473 g/mol. The van der Waals surface area contributed by atoms with E-state index in [1.165, 1.54) is 11.6 Å². The Morgan fingerprint density at radius 1 is 1.06 bits per heavy atom. The van der Waals surface area contributed by atoms with Gasteiger partial charge >= 0.3 is 0 Å². The number of nitrogens with zero attached hydrogens (tertiary/aromatic N) is 2. The Morgan fingerprint density at radius 2 is 1.77 bits per heavy atom. The van der Waals surface area contributed by atoms with Gasteiger partial charge in [0.25, 0.3) is 0 Å². The average Bonchev–Trinajstić information content (AvgIpc) is 3.19. The normalized spacial score (nSPS) is 17.1. The van der Waals surface area contributed by atoms with Crippen molar-refractivity contribution >= 4 is 17.5 Å². The number of ether oxygens (including phenoxy) is 1. The molecule has 0 unspecified atom stereocenters. The van der Waals surface area contributed by atoms with E-state index in [-0.39, 0.29) is 23.1 Å². The summed E-state index contributed by atoms with van der Waals surface area (Å²) in [6.45, 7) is 7.13. The van der Waals surface area contributed by atoms with E-state index in [1.807, 2.05) is 42.2 Å². The molecule has 2 aliphatic heterocycles. The summed E-state index contributed by atoms with van der Waals surface area (Å²) in [5.74, 6) is 0.455. The number of fused-ring (bicyclic) bond motifs is 1. The lowest BCUT2D eigenvalue weighted by Gasteiger charge is -2.36. The van der Waals surface area contributed by atoms with Gasteiger partial charge in [-0.15, -0.1) is 0 Å². The highest BCUT2D eigenvalue weighted by atomic mass is 19.1. The number of halogens is 1. The molecule has 3 aromatic carbocycles. The van der Waals surface area contributed by atoms with Gasteiger partial charge < -0.3 is 14.7 Å². The fourth-order valence-electron chi connectivity index (χ4n) is 4.81. The maximum Gasteiger partial charge on any atom is 0.232 e. The number of rotatable bonds is 5. The van der Waals surface area contributed by atoms with Crippen molar-refractivity contribution in [3.8, 4) is 11.5 Å². The number of carbonyl (C=O) groups is 1. The number of benzene rings is 3. The molecule has 0 saturated carbocycles. The summed E-state index contributed by atoms with van der Waals surface area (Å²) in [6, 6.07) is 16.5. The number of hydrogen-bond donors (Lipinski definition) is 1. The molecular weight excluding hydrogens is 443 g/mol. The highest BCUT2D eigenvalue weighted by Crippen LogP contribution is 2.42. The molecule has 1 fully saturated rings. The second-order valence-electron chi connectivity index (χ2n) is 9.14. The Balaban J connectivity index is 1.36. The molecule has 3 aromatic rings. The Hall–Kier alpha value is -3.64. The summed E-state index contributed by atoms with van der Waals surface area (Å²) in [5, 5.41) is 10.8. The van der Waals surface area contributed by atoms with Crippen LogP contribution in [-0.2, 0) is 13.0 Å². The topological polar surface area (TPSA) is 53.0 Å². The summed E-state index contributed by atoms with van der Waals surface area (Å²) in [6.07, 6.45) is 2.71. The predicted molar refractivity (Wildman–Crippen MR) is 135 cm³/mol. The van der Waals surface area contributed by atoms with Gasteiger partial charge in [-0.25, -0.2) is 4.39 Å². The molecule has 0 aliphatic carbocycles. The van der Waals surface area contributed by atoms with E-state index in [0.29, 0.717) is 60.9 Å². The molecule has 0 radical (unpaired) electrons. The van der Waals surface area contributed by atoms with Crippen molar-refractivity contribution in [3.05, 3.63) is 94.0 Å². The molecule has 0 atom stereocenters. The summed E-state index contributed by atoms with van der Waals surface area (Å²) in [7, 11) is 0. The van der Waals surface area contributed by atoms with Gasteiger partial charge in [0.05, 0.1) is 16.8 Å². The lowest BCUT2D eigenvalue weighted by atomic mass is 9.99. The smallest absolute Gasteiger partial charge is 0.232 e. The fourth-order valence-corrected chi connectivity index (χ4v) is 4.81. The van der Waals surface area contributed by atoms with Crippen LogP contribution in [0.2, 0.25) is 0 Å². The van der Waals surface area contributed by atoms with Gasteiger partial charge in [0.1, 0.15) is 17.3 Å². The van der Waals surface area contributed by atoms with E-state index < -0.39 is 0 Å². The number of carbonyl (C=O) groups excluding carboxylic acids is 1. The molecule has 5 nitrogen and oxygen atoms in total. The van der Waals surface area contributed by atoms with Crippen molar-refractivity contribution in [2.45, 2.75) is 26.8 Å². The number of phenolic OH excluding ortho intramolecular Hbond substituents is 1. The zero-order chi connectivity index (χ0) is 24.5. The molecule has 35 heavy (non-hydrogen) atoms. The van der Waals surface area contributed by atoms with Crippen LogP contribution in [0.4, 0.5) is 10.1 Å². The second-order valence-corrected chi connectivity index (χ2v) is 9.14. The summed E-state index contributed by atoms with van der Waals surface area (Å²) in [5.41, 5.74) is 4.56. The van der Waals surface area contributed by atoms with E-state index >= 15 is 0 Å². The molecule has 5 rings (SSSR count). The Morgan fingerprint density at radius 3 is 2.46 bits per heavy atom. The zero-order valence-corrected chi connectivity index (χ0v) is 20.1. The molecule has 2 aliphatic rings. The van der Waals surface area contributed by atoms with Gasteiger partial charge in [0.2, 0.25) is 5.78 Å². The van der Waals surface area contributed by atoms with E-state index in [2.05, 4.69) is 11.8 Å². The molecule has 0 bridgehead atoms. The lowest BCUT2D eigenvalue weighted by molar-refractivity contribution is 0.101. The van der Waals surface area contributed by atoms with Crippen molar-refractivity contribution in [2.75, 3.05) is 31.1 Å². The maximum atomic E-state index is 14.2. The molecule has 2 heterocycles. The minimum atomic E-state index is -0.217. The number of phenols is 1. The molecule has 0 aromatic heterocycles. The first kappa shape index (κ1) is 23.1. The first-order valence-electron chi connectivity index (χ1n) is 12.0. The van der Waals surface area contributed by atoms with Gasteiger partial charge in [-0.3, -0.25) is 9.69 Å². The summed E-state index contributed by atoms with van der Waals surface area (Å²) < 4.78 is 20.3. The van der Waals surface area contributed by atoms with Gasteiger partial charge in [-0.2, -0.15) is 0 Å². The second kappa shape index (κ2) is 9.55. The Bertz CT molecular complexity index is 1290. The number of anilines is 1. The van der Waals surface area contributed by atoms with Crippen LogP contribution in [0, 0.1) is 12.7 Å². The number of aromatic hydroxyl groups is 1. The van der Waals surface area contributed by atoms with E-state index in [0.717, 1.165) is 12.0 Å². The van der Waals surface area contributed by atoms with Gasteiger partial charge in [0.15, 0.2) is 5.76 Å². The van der Waals surface area contributed by atoms with Crippen LogP contribution in [0.15, 0.2) is 60.4 Å². The third-order valence-electron chi connectivity index (χ3n) is 6.85. The number of Topliss-reactive ketones (excluding diaryl/α,β-unsaturated/α-hetero) is 1. The number of hydrogen-bond acceptors (Lipinski definition) is 5. The zero-order valence-electron chi connectivity index (χ0n) is 20.1. The first-order chi connectivity index (χ1) is 16.9. The molecule has 1 N–H and O–H groups in total. The number of para-hydroxylation sites is 1. The largest absolute Gasteiger partial charge is 0.507 e. The minimum absolute atomic E-state index is 0.124. The molecule has 0 spiro atoms. The molecule has 180 valence electrons. The summed E-state index contributed by atoms with van der Waals surface area (Å²) >= 11 is 0. The van der Waals surface area contributed by atoms with E-state index in [1.54, 1.807) is 24.3 Å². The Labute approximate surface area is 205 Å². The van der Waals surface area contributed by atoms with Crippen molar-refractivity contribution < 1.29 is 19.0 Å². The number of allylic oxidation sites excluding steroid dienone is 1. The third kappa shape index (κ3) is 4.54. The molecule has 6 heteroatoms. The van der Waals surface area contributed by atoms with Gasteiger partial charge in [-0.05, 0) is 54.3 Å². The standard InChI is InChI=1S/C29H29FN2O3/c1-3-20-8-10-21(11-9-20)17-26-28(34)27-19(2)16-25(33)22(29(27)35-26)18-31-12-14-32(15-13-31)24-7-5-4-6-23(24)30/h4-11,16-17,33H,3,12-15,18H2,1-2H3/b26-17-. The number of aryl methyl sites for hydroxylation is 2. The summed E-state index contributed by atoms with van der Waals surface area (Å²) in [4.78, 5) is 17.4. The number of ketones is 1. The van der Waals surface area contributed by atoms with Crippen molar-refractivity contribution in [3.63, 3.8) is 0 Å². The SMILES string of the molecule is CCc1ccc(/C=C2\Oc3c(CN4CCN(c5ccccc5F)CC4)c(O)cc(C)c3C2=O)cc1. The maximum absolute atomic E-state index is 14.2. The molecule has 1 saturated heterocycles. The van der Waals surface area contributed by atoms with Crippen LogP contribution in [0.25, 0.3) is 6.08 Å². The molecular formula is C29H29FN2O3. The fraction of sp³-hybridized carbons (Fsp3) is 0.276. The third-order valence-corrected chi connectivity index (χ3v) is 6.85. The van der Waals surface area contributed by atoms with E-state index in [9.17, 15) is 14.3 Å². The number of piperazine rings is 1. The highest BCUT2D eigenvalue weighted by molar-refractivity contribution is 6.15. The minimum Gasteiger partial charge on any atom is -0.507 e. The van der Waals surface area contributed by atoms with Gasteiger partial charge in [0, 0.05) is 32.7 Å². The predicted octanol–water partition coefficient (Wildman–Crippen LogP) is 5.34. The van der Waals surface area contributed by atoms with Crippen LogP contribution in [0.3, 0.4) is 0 Å². The van der Waals surface area contributed by atoms with E-state index in [4.69, 9.17) is 4.74 Å². The van der Waals surface area contributed by atoms with Crippen LogP contribution in [-0.4, -0.2) is 42.0 Å². The van der Waals surface area contributed by atoms with Crippen molar-refractivity contribution in [2.24, 2.45) is 0 Å². The van der Waals surface area contributed by atoms with Gasteiger partial charge in [-0.1, -0.05) is 43.3 Å². The van der Waals surface area contributed by atoms with Crippen LogP contribution >= 0.6 is 0 Å². The monoisotopic (exact) mass is 472 g/mol. The quantitative estimate of drug-likeness (QED) is 0.508. The first-order valence-corrected chi connectivity index (χ1v) is 12.0.